The Labute approximate surface area is 88.0 Å². The zero-order valence-electron chi connectivity index (χ0n) is 8.02. The van der Waals surface area contributed by atoms with Gasteiger partial charge in [-0.2, -0.15) is 5.26 Å². The lowest BCUT2D eigenvalue weighted by molar-refractivity contribution is 0.0687. The van der Waals surface area contributed by atoms with E-state index in [1.54, 1.807) is 18.9 Å². The van der Waals surface area contributed by atoms with Crippen molar-refractivity contribution < 1.29 is 14.7 Å². The number of hydrogen-bond donors (Lipinski definition) is 1. The second kappa shape index (κ2) is 4.63. The fraction of sp³-hybridized carbons (Fsp3) is 0.222. The summed E-state index contributed by atoms with van der Waals surface area (Å²) in [5, 5.41) is 17.7. The topological polar surface area (TPSA) is 81.4 Å². The van der Waals surface area contributed by atoms with E-state index in [0.717, 1.165) is 4.90 Å². The molecule has 0 bridgehead atoms. The number of aromatic carboxylic acids is 1. The maximum atomic E-state index is 11.7. The Morgan fingerprint density at radius 2 is 2.33 bits per heavy atom. The number of nitrogens with zero attached hydrogens (tertiary/aromatic N) is 2. The van der Waals surface area contributed by atoms with Crippen LogP contribution in [-0.2, 0) is 0 Å². The van der Waals surface area contributed by atoms with Crippen LogP contribution in [-0.4, -0.2) is 28.4 Å². The molecular formula is C9H9N2O3P. The smallest absolute Gasteiger partial charge is 0.336 e. The quantitative estimate of drug-likeness (QED) is 0.620. The summed E-state index contributed by atoms with van der Waals surface area (Å²) in [7, 11) is 0.0279. The summed E-state index contributed by atoms with van der Waals surface area (Å²) >= 11 is 0. The third kappa shape index (κ3) is 2.17. The van der Waals surface area contributed by atoms with Gasteiger partial charge in [-0.3, -0.25) is 4.79 Å². The Morgan fingerprint density at radius 1 is 1.67 bits per heavy atom. The van der Waals surface area contributed by atoms with Crippen molar-refractivity contribution in [3.8, 4) is 6.19 Å². The first-order valence-electron chi connectivity index (χ1n) is 4.24. The van der Waals surface area contributed by atoms with Crippen LogP contribution >= 0.6 is 8.19 Å². The molecule has 1 amide bonds. The van der Waals surface area contributed by atoms with E-state index >= 15 is 0 Å². The molecule has 0 radical (unpaired) electrons. The van der Waals surface area contributed by atoms with Crippen LogP contribution in [0, 0.1) is 11.5 Å². The normalized spacial score (nSPS) is 9.87. The van der Waals surface area contributed by atoms with Crippen LogP contribution in [0.2, 0.25) is 0 Å². The van der Waals surface area contributed by atoms with Gasteiger partial charge in [0.15, 0.2) is 6.19 Å². The Balaban J connectivity index is 3.07. The highest BCUT2D eigenvalue weighted by molar-refractivity contribution is 7.32. The van der Waals surface area contributed by atoms with E-state index in [2.05, 4.69) is 0 Å². The van der Waals surface area contributed by atoms with Crippen molar-refractivity contribution in [1.82, 2.24) is 4.90 Å². The third-order valence-corrected chi connectivity index (χ3v) is 2.98. The molecule has 1 rings (SSSR count). The van der Waals surface area contributed by atoms with Gasteiger partial charge >= 0.3 is 5.97 Å². The minimum atomic E-state index is -1.13. The molecule has 1 aromatic heterocycles. The van der Waals surface area contributed by atoms with Gasteiger partial charge in [0, 0.05) is 6.54 Å². The van der Waals surface area contributed by atoms with Gasteiger partial charge in [-0.1, -0.05) is 0 Å². The maximum Gasteiger partial charge on any atom is 0.336 e. The number of carboxylic acids is 1. The van der Waals surface area contributed by atoms with Gasteiger partial charge in [-0.05, 0) is 18.8 Å². The predicted octanol–water partition coefficient (Wildman–Crippen LogP) is 1.36. The van der Waals surface area contributed by atoms with Crippen molar-refractivity contribution in [3.63, 3.8) is 0 Å². The standard InChI is InChI=1S/C9H9N2O3P/c1-2-11(5-10)8(12)7-6(9(13)14)3-4-15-7/h3-4,15H,2H2,1H3,(H,13,14). The van der Waals surface area contributed by atoms with Crippen LogP contribution < -0.4 is 0 Å². The van der Waals surface area contributed by atoms with Crippen LogP contribution in [0.3, 0.4) is 0 Å². The molecule has 0 aliphatic rings. The van der Waals surface area contributed by atoms with Crippen LogP contribution in [0.1, 0.15) is 27.4 Å². The number of amides is 1. The van der Waals surface area contributed by atoms with Crippen molar-refractivity contribution in [2.24, 2.45) is 0 Å². The van der Waals surface area contributed by atoms with E-state index in [-0.39, 0.29) is 25.6 Å². The second-order valence-corrected chi connectivity index (χ2v) is 3.84. The van der Waals surface area contributed by atoms with Gasteiger partial charge in [-0.15, -0.1) is 8.19 Å². The zero-order valence-corrected chi connectivity index (χ0v) is 9.02. The average molecular weight is 224 g/mol. The van der Waals surface area contributed by atoms with Crippen LogP contribution in [0.15, 0.2) is 11.9 Å². The highest BCUT2D eigenvalue weighted by Crippen LogP contribution is 2.23. The highest BCUT2D eigenvalue weighted by atomic mass is 31.0. The zero-order chi connectivity index (χ0) is 11.4. The first-order chi connectivity index (χ1) is 7.11. The SMILES string of the molecule is CCN(C#N)C(=O)c1[pH]ccc1C(=O)O. The van der Waals surface area contributed by atoms with E-state index in [0.29, 0.717) is 0 Å². The molecule has 0 spiro atoms. The molecule has 1 aromatic rings. The molecule has 0 fully saturated rings. The summed E-state index contributed by atoms with van der Waals surface area (Å²) in [6.45, 7) is 1.91. The molecule has 1 atom stereocenters. The minimum absolute atomic E-state index is 0.00738. The molecular weight excluding hydrogens is 215 g/mol. The highest BCUT2D eigenvalue weighted by Gasteiger charge is 2.21. The van der Waals surface area contributed by atoms with Crippen molar-refractivity contribution in [2.45, 2.75) is 6.92 Å². The molecule has 5 nitrogen and oxygen atoms in total. The first kappa shape index (κ1) is 11.3. The van der Waals surface area contributed by atoms with E-state index in [1.807, 2.05) is 0 Å². The molecule has 1 heterocycles. The number of rotatable bonds is 3. The molecule has 0 aliphatic heterocycles. The lowest BCUT2D eigenvalue weighted by atomic mass is 10.2. The van der Waals surface area contributed by atoms with Crippen molar-refractivity contribution >= 4 is 20.1 Å². The fourth-order valence-electron chi connectivity index (χ4n) is 1.12. The lowest BCUT2D eigenvalue weighted by Crippen LogP contribution is -2.26. The predicted molar refractivity (Wildman–Crippen MR) is 55.2 cm³/mol. The fourth-order valence-corrected chi connectivity index (χ4v) is 2.14. The molecule has 1 N–H and O–H groups in total. The Hall–Kier alpha value is -1.79. The number of nitriles is 1. The summed E-state index contributed by atoms with van der Waals surface area (Å²) in [5.41, 5.74) is -0.00738. The van der Waals surface area contributed by atoms with Gasteiger partial charge in [-0.25, -0.2) is 9.69 Å². The van der Waals surface area contributed by atoms with Gasteiger partial charge in [0.25, 0.3) is 5.91 Å². The number of carboxylic acid groups (broad SMARTS) is 1. The number of carbonyl (C=O) groups excluding carboxylic acids is 1. The molecule has 0 saturated heterocycles. The van der Waals surface area contributed by atoms with E-state index in [4.69, 9.17) is 10.4 Å². The summed E-state index contributed by atoms with van der Waals surface area (Å²) in [6.07, 6.45) is 1.72. The maximum absolute atomic E-state index is 11.7. The van der Waals surface area contributed by atoms with Gasteiger partial charge in [0.2, 0.25) is 0 Å². The minimum Gasteiger partial charge on any atom is -0.478 e. The monoisotopic (exact) mass is 224 g/mol. The van der Waals surface area contributed by atoms with Crippen molar-refractivity contribution in [2.75, 3.05) is 6.54 Å². The molecule has 6 heteroatoms. The molecule has 1 unspecified atom stereocenters. The average Bonchev–Trinajstić information content (AvgIpc) is 2.67. The third-order valence-electron chi connectivity index (χ3n) is 1.87. The number of hydrogen-bond acceptors (Lipinski definition) is 3. The Morgan fingerprint density at radius 3 is 2.80 bits per heavy atom. The molecule has 78 valence electrons. The van der Waals surface area contributed by atoms with Gasteiger partial charge < -0.3 is 5.11 Å². The number of carbonyl (C=O) groups is 2. The molecule has 15 heavy (non-hydrogen) atoms. The van der Waals surface area contributed by atoms with Crippen LogP contribution in [0.25, 0.3) is 0 Å². The van der Waals surface area contributed by atoms with Gasteiger partial charge in [0.1, 0.15) is 0 Å². The summed E-state index contributed by atoms with van der Waals surface area (Å²) < 4.78 is 0. The summed E-state index contributed by atoms with van der Waals surface area (Å²) in [6, 6.07) is 1.40. The summed E-state index contributed by atoms with van der Waals surface area (Å²) in [4.78, 5) is 23.4. The second-order valence-electron chi connectivity index (χ2n) is 2.72. The largest absolute Gasteiger partial charge is 0.478 e. The molecule has 0 aromatic carbocycles. The van der Waals surface area contributed by atoms with E-state index < -0.39 is 11.9 Å². The summed E-state index contributed by atoms with van der Waals surface area (Å²) in [5.74, 6) is -0.0173. The Kier molecular flexibility index (Phi) is 3.48. The lowest BCUT2D eigenvalue weighted by Gasteiger charge is -2.09. The van der Waals surface area contributed by atoms with E-state index in [9.17, 15) is 9.59 Å². The molecule has 0 saturated carbocycles. The van der Waals surface area contributed by atoms with Crippen LogP contribution in [0.5, 0.6) is 0 Å². The molecule has 0 aliphatic carbocycles. The van der Waals surface area contributed by atoms with Crippen molar-refractivity contribution in [1.29, 1.82) is 5.26 Å². The van der Waals surface area contributed by atoms with Crippen LogP contribution in [0.4, 0.5) is 0 Å². The Bertz CT molecular complexity index is 433. The van der Waals surface area contributed by atoms with Crippen molar-refractivity contribution in [3.05, 3.63) is 22.7 Å². The first-order valence-corrected chi connectivity index (χ1v) is 5.31. The van der Waals surface area contributed by atoms with Gasteiger partial charge in [0.05, 0.1) is 10.9 Å². The van der Waals surface area contributed by atoms with E-state index in [1.165, 1.54) is 6.07 Å².